The molecular formula is C12H13ClN4. The first-order valence-electron chi connectivity index (χ1n) is 5.22. The van der Waals surface area contributed by atoms with Crippen molar-refractivity contribution in [1.29, 1.82) is 0 Å². The van der Waals surface area contributed by atoms with Crippen LogP contribution in [0.4, 0.5) is 11.4 Å². The molecule has 0 saturated heterocycles. The highest BCUT2D eigenvalue weighted by Crippen LogP contribution is 2.22. The number of rotatable bonds is 3. The molecule has 0 fully saturated rings. The Morgan fingerprint density at radius 2 is 2.18 bits per heavy atom. The molecule has 3 N–H and O–H groups in total. The third-order valence-corrected chi connectivity index (χ3v) is 2.54. The van der Waals surface area contributed by atoms with Crippen LogP contribution in [0.3, 0.4) is 0 Å². The van der Waals surface area contributed by atoms with E-state index in [0.717, 1.165) is 17.2 Å². The molecule has 5 heteroatoms. The lowest BCUT2D eigenvalue weighted by atomic mass is 10.2. The lowest BCUT2D eigenvalue weighted by molar-refractivity contribution is 0.956. The summed E-state index contributed by atoms with van der Waals surface area (Å²) in [5, 5.41) is 3.84. The van der Waals surface area contributed by atoms with E-state index in [1.54, 1.807) is 18.3 Å². The number of nitrogen functional groups attached to an aromatic ring is 1. The van der Waals surface area contributed by atoms with Crippen LogP contribution < -0.4 is 11.1 Å². The van der Waals surface area contributed by atoms with E-state index < -0.39 is 0 Å². The number of nitrogens with zero attached hydrogens (tertiary/aromatic N) is 2. The zero-order valence-electron chi connectivity index (χ0n) is 9.44. The molecule has 0 saturated carbocycles. The molecule has 4 nitrogen and oxygen atoms in total. The van der Waals surface area contributed by atoms with Gasteiger partial charge in [-0.3, -0.25) is 0 Å². The molecule has 1 aromatic heterocycles. The van der Waals surface area contributed by atoms with Crippen molar-refractivity contribution in [2.75, 3.05) is 11.1 Å². The standard InChI is InChI=1S/C12H13ClN4/c1-8-15-5-4-10(17-8)7-16-12-3-2-9(13)6-11(12)14/h2-6,16H,7,14H2,1H3. The van der Waals surface area contributed by atoms with E-state index in [4.69, 9.17) is 17.3 Å². The zero-order valence-corrected chi connectivity index (χ0v) is 10.2. The fraction of sp³-hybridized carbons (Fsp3) is 0.167. The monoisotopic (exact) mass is 248 g/mol. The maximum atomic E-state index is 5.84. The van der Waals surface area contributed by atoms with Gasteiger partial charge in [-0.1, -0.05) is 11.6 Å². The number of benzene rings is 1. The molecule has 1 heterocycles. The van der Waals surface area contributed by atoms with E-state index in [9.17, 15) is 0 Å². The Morgan fingerprint density at radius 1 is 1.35 bits per heavy atom. The minimum atomic E-state index is 0.606. The number of halogens is 1. The van der Waals surface area contributed by atoms with Crippen LogP contribution in [0.2, 0.25) is 5.02 Å². The van der Waals surface area contributed by atoms with E-state index in [1.165, 1.54) is 0 Å². The summed E-state index contributed by atoms with van der Waals surface area (Å²) in [6.07, 6.45) is 1.74. The van der Waals surface area contributed by atoms with Crippen LogP contribution in [0.1, 0.15) is 11.5 Å². The topological polar surface area (TPSA) is 63.8 Å². The lowest BCUT2D eigenvalue weighted by Gasteiger charge is -2.09. The van der Waals surface area contributed by atoms with Crippen molar-refractivity contribution < 1.29 is 0 Å². The molecule has 2 rings (SSSR count). The quantitative estimate of drug-likeness (QED) is 0.820. The van der Waals surface area contributed by atoms with Crippen LogP contribution >= 0.6 is 11.6 Å². The molecule has 0 amide bonds. The minimum Gasteiger partial charge on any atom is -0.397 e. The van der Waals surface area contributed by atoms with Crippen molar-refractivity contribution in [3.63, 3.8) is 0 Å². The first-order valence-corrected chi connectivity index (χ1v) is 5.60. The molecule has 0 spiro atoms. The van der Waals surface area contributed by atoms with Gasteiger partial charge in [-0.05, 0) is 31.2 Å². The van der Waals surface area contributed by atoms with Gasteiger partial charge in [-0.2, -0.15) is 0 Å². The summed E-state index contributed by atoms with van der Waals surface area (Å²) in [5.41, 5.74) is 8.24. The third-order valence-electron chi connectivity index (χ3n) is 2.31. The largest absolute Gasteiger partial charge is 0.397 e. The molecule has 0 aliphatic carbocycles. The number of anilines is 2. The number of aryl methyl sites for hydroxylation is 1. The van der Waals surface area contributed by atoms with Crippen LogP contribution in [0, 0.1) is 6.92 Å². The van der Waals surface area contributed by atoms with Crippen molar-refractivity contribution in [2.45, 2.75) is 13.5 Å². The van der Waals surface area contributed by atoms with Gasteiger partial charge in [-0.15, -0.1) is 0 Å². The second-order valence-corrected chi connectivity index (χ2v) is 4.12. The van der Waals surface area contributed by atoms with Crippen LogP contribution in [-0.4, -0.2) is 9.97 Å². The number of aromatic nitrogens is 2. The summed E-state index contributed by atoms with van der Waals surface area (Å²) >= 11 is 5.83. The predicted molar refractivity (Wildman–Crippen MR) is 70.0 cm³/mol. The molecule has 0 atom stereocenters. The summed E-state index contributed by atoms with van der Waals surface area (Å²) in [5.74, 6) is 0.758. The molecule has 0 aliphatic heterocycles. The van der Waals surface area contributed by atoms with E-state index in [1.807, 2.05) is 19.1 Å². The van der Waals surface area contributed by atoms with Crippen molar-refractivity contribution in [1.82, 2.24) is 9.97 Å². The van der Waals surface area contributed by atoms with Crippen molar-refractivity contribution in [3.8, 4) is 0 Å². The van der Waals surface area contributed by atoms with Gasteiger partial charge in [0, 0.05) is 11.2 Å². The second-order valence-electron chi connectivity index (χ2n) is 3.68. The maximum absolute atomic E-state index is 5.84. The summed E-state index contributed by atoms with van der Waals surface area (Å²) in [4.78, 5) is 8.34. The summed E-state index contributed by atoms with van der Waals surface area (Å²) in [6, 6.07) is 7.23. The molecule has 0 unspecified atom stereocenters. The highest BCUT2D eigenvalue weighted by Gasteiger charge is 2.00. The Hall–Kier alpha value is -1.81. The molecule has 17 heavy (non-hydrogen) atoms. The first kappa shape index (κ1) is 11.7. The average molecular weight is 249 g/mol. The maximum Gasteiger partial charge on any atom is 0.125 e. The molecular weight excluding hydrogens is 236 g/mol. The fourth-order valence-corrected chi connectivity index (χ4v) is 1.66. The van der Waals surface area contributed by atoms with Gasteiger partial charge in [0.1, 0.15) is 5.82 Å². The van der Waals surface area contributed by atoms with Gasteiger partial charge in [0.05, 0.1) is 23.6 Å². The predicted octanol–water partition coefficient (Wildman–Crippen LogP) is 2.63. The van der Waals surface area contributed by atoms with E-state index in [-0.39, 0.29) is 0 Å². The summed E-state index contributed by atoms with van der Waals surface area (Å²) in [6.45, 7) is 2.47. The average Bonchev–Trinajstić information content (AvgIpc) is 2.28. The molecule has 0 radical (unpaired) electrons. The Bertz CT molecular complexity index is 528. The third kappa shape index (κ3) is 3.07. The van der Waals surface area contributed by atoms with E-state index in [2.05, 4.69) is 15.3 Å². The molecule has 1 aromatic carbocycles. The highest BCUT2D eigenvalue weighted by molar-refractivity contribution is 6.31. The Labute approximate surface area is 105 Å². The van der Waals surface area contributed by atoms with Gasteiger partial charge in [0.2, 0.25) is 0 Å². The molecule has 2 aromatic rings. The molecule has 0 bridgehead atoms. The molecule has 0 aliphatic rings. The normalized spacial score (nSPS) is 10.2. The Morgan fingerprint density at radius 3 is 2.88 bits per heavy atom. The van der Waals surface area contributed by atoms with E-state index >= 15 is 0 Å². The zero-order chi connectivity index (χ0) is 12.3. The van der Waals surface area contributed by atoms with Crippen LogP contribution in [-0.2, 0) is 6.54 Å². The van der Waals surface area contributed by atoms with Crippen LogP contribution in [0.5, 0.6) is 0 Å². The SMILES string of the molecule is Cc1nccc(CNc2ccc(Cl)cc2N)n1. The van der Waals surface area contributed by atoms with Gasteiger partial charge in [0.15, 0.2) is 0 Å². The minimum absolute atomic E-state index is 0.606. The smallest absolute Gasteiger partial charge is 0.125 e. The van der Waals surface area contributed by atoms with Gasteiger partial charge in [-0.25, -0.2) is 9.97 Å². The molecule has 88 valence electrons. The van der Waals surface area contributed by atoms with Crippen molar-refractivity contribution >= 4 is 23.0 Å². The Kier molecular flexibility index (Phi) is 3.44. The number of hydrogen-bond acceptors (Lipinski definition) is 4. The van der Waals surface area contributed by atoms with Crippen LogP contribution in [0.15, 0.2) is 30.5 Å². The van der Waals surface area contributed by atoms with Crippen molar-refractivity contribution in [3.05, 3.63) is 47.0 Å². The first-order chi connectivity index (χ1) is 8.15. The van der Waals surface area contributed by atoms with Crippen LogP contribution in [0.25, 0.3) is 0 Å². The van der Waals surface area contributed by atoms with Crippen molar-refractivity contribution in [2.24, 2.45) is 0 Å². The number of nitrogens with one attached hydrogen (secondary N) is 1. The fourth-order valence-electron chi connectivity index (χ4n) is 1.48. The van der Waals surface area contributed by atoms with Gasteiger partial charge < -0.3 is 11.1 Å². The number of hydrogen-bond donors (Lipinski definition) is 2. The summed E-state index contributed by atoms with van der Waals surface area (Å²) in [7, 11) is 0. The highest BCUT2D eigenvalue weighted by atomic mass is 35.5. The lowest BCUT2D eigenvalue weighted by Crippen LogP contribution is -2.05. The number of nitrogens with two attached hydrogens (primary N) is 1. The second kappa shape index (κ2) is 5.01. The van der Waals surface area contributed by atoms with E-state index in [0.29, 0.717) is 17.3 Å². The Balaban J connectivity index is 2.07. The summed E-state index contributed by atoms with van der Waals surface area (Å²) < 4.78 is 0. The van der Waals surface area contributed by atoms with Gasteiger partial charge >= 0.3 is 0 Å². The van der Waals surface area contributed by atoms with Gasteiger partial charge in [0.25, 0.3) is 0 Å².